The average Bonchev–Trinajstić information content (AvgIpc) is 2.85. The number of phenolic OH excluding ortho intramolecular Hbond substituents is 1. The number of aryl methyl sites for hydroxylation is 1. The van der Waals surface area contributed by atoms with Gasteiger partial charge in [-0.2, -0.15) is 0 Å². The molecule has 2 heterocycles. The number of rotatable bonds is 7. The van der Waals surface area contributed by atoms with Crippen LogP contribution in [-0.4, -0.2) is 68.4 Å². The van der Waals surface area contributed by atoms with Crippen molar-refractivity contribution >= 4 is 17.7 Å². The fraction of sp³-hybridized carbons (Fsp3) is 0.385. The predicted octanol–water partition coefficient (Wildman–Crippen LogP) is 2.70. The second kappa shape index (κ2) is 10.7. The first-order valence-corrected chi connectivity index (χ1v) is 11.8. The summed E-state index contributed by atoms with van der Waals surface area (Å²) >= 11 is 0. The first-order chi connectivity index (χ1) is 16.9. The third-order valence-electron chi connectivity index (χ3n) is 6.30. The van der Waals surface area contributed by atoms with Crippen LogP contribution in [-0.2, 0) is 9.53 Å². The number of phenols is 1. The van der Waals surface area contributed by atoms with E-state index in [1.165, 1.54) is 24.4 Å². The fourth-order valence-electron chi connectivity index (χ4n) is 4.54. The van der Waals surface area contributed by atoms with Crippen LogP contribution in [0.1, 0.15) is 24.1 Å². The molecule has 35 heavy (non-hydrogen) atoms. The molecule has 0 unspecified atom stereocenters. The van der Waals surface area contributed by atoms with Gasteiger partial charge in [0, 0.05) is 44.1 Å². The van der Waals surface area contributed by atoms with E-state index in [-0.39, 0.29) is 11.5 Å². The lowest BCUT2D eigenvalue weighted by Gasteiger charge is -2.38. The van der Waals surface area contributed by atoms with Crippen molar-refractivity contribution in [3.8, 4) is 11.5 Å². The molecule has 2 amide bonds. The van der Waals surface area contributed by atoms with E-state index in [0.29, 0.717) is 30.0 Å². The van der Waals surface area contributed by atoms with Crippen LogP contribution in [0.15, 0.2) is 53.7 Å². The Kier molecular flexibility index (Phi) is 7.45. The van der Waals surface area contributed by atoms with Gasteiger partial charge in [0.1, 0.15) is 0 Å². The summed E-state index contributed by atoms with van der Waals surface area (Å²) in [7, 11) is 1.32. The Morgan fingerprint density at radius 2 is 1.91 bits per heavy atom. The van der Waals surface area contributed by atoms with E-state index in [2.05, 4.69) is 51.6 Å². The molecular weight excluding hydrogens is 448 g/mol. The molecule has 1 atom stereocenters. The minimum absolute atomic E-state index is 0.00818. The number of aromatic hydroxyl groups is 1. The minimum Gasteiger partial charge on any atom is -0.504 e. The van der Waals surface area contributed by atoms with Crippen LogP contribution in [0, 0.1) is 6.92 Å². The molecule has 186 valence electrons. The number of esters is 1. The molecule has 2 aliphatic rings. The summed E-state index contributed by atoms with van der Waals surface area (Å²) in [5.74, 6) is -0.246. The maximum absolute atomic E-state index is 12.9. The maximum atomic E-state index is 12.9. The molecular formula is C26H32N4O5. The van der Waals surface area contributed by atoms with E-state index >= 15 is 0 Å². The number of carbonyl (C=O) groups is 2. The topological polar surface area (TPSA) is 103 Å². The van der Waals surface area contributed by atoms with Crippen molar-refractivity contribution < 1.29 is 24.2 Å². The van der Waals surface area contributed by atoms with Gasteiger partial charge >= 0.3 is 12.0 Å². The van der Waals surface area contributed by atoms with Gasteiger partial charge in [-0.1, -0.05) is 18.2 Å². The molecule has 1 saturated heterocycles. The van der Waals surface area contributed by atoms with Crippen molar-refractivity contribution in [2.75, 3.05) is 51.3 Å². The Morgan fingerprint density at radius 1 is 1.14 bits per heavy atom. The molecule has 0 bridgehead atoms. The number of urea groups is 1. The van der Waals surface area contributed by atoms with E-state index in [0.717, 1.165) is 26.2 Å². The van der Waals surface area contributed by atoms with Crippen LogP contribution >= 0.6 is 0 Å². The molecule has 2 aromatic rings. The third kappa shape index (κ3) is 5.51. The summed E-state index contributed by atoms with van der Waals surface area (Å²) in [6, 6.07) is 12.1. The van der Waals surface area contributed by atoms with Gasteiger partial charge in [0.05, 0.1) is 25.3 Å². The van der Waals surface area contributed by atoms with E-state index < -0.39 is 18.0 Å². The number of hydrogen-bond acceptors (Lipinski definition) is 7. The quantitative estimate of drug-likeness (QED) is 0.524. The maximum Gasteiger partial charge on any atom is 0.338 e. The Labute approximate surface area is 205 Å². The van der Waals surface area contributed by atoms with Gasteiger partial charge in [0.2, 0.25) is 0 Å². The number of carbonyl (C=O) groups excluding carboxylic acids is 2. The Hall–Kier alpha value is -3.72. The lowest BCUT2D eigenvalue weighted by atomic mass is 9.94. The lowest BCUT2D eigenvalue weighted by molar-refractivity contribution is -0.136. The second-order valence-corrected chi connectivity index (χ2v) is 8.68. The largest absolute Gasteiger partial charge is 0.504 e. The molecule has 3 N–H and O–H groups in total. The number of piperazine rings is 1. The summed E-state index contributed by atoms with van der Waals surface area (Å²) in [6.07, 6.45) is 0. The van der Waals surface area contributed by atoms with E-state index in [9.17, 15) is 14.7 Å². The Bertz CT molecular complexity index is 1120. The Balaban J connectivity index is 1.57. The van der Waals surface area contributed by atoms with Gasteiger partial charge in [0.25, 0.3) is 0 Å². The van der Waals surface area contributed by atoms with Crippen LogP contribution in [0.5, 0.6) is 11.5 Å². The molecule has 0 radical (unpaired) electrons. The SMILES string of the molecule is CCOc1cc([C@@H]2NC(=O)NC(CN3CCN(c4cccc(C)c4)CC3)=C2C(=O)OC)ccc1O. The molecule has 0 aromatic heterocycles. The number of amides is 2. The highest BCUT2D eigenvalue weighted by atomic mass is 16.5. The number of ether oxygens (including phenoxy) is 2. The first kappa shape index (κ1) is 24.4. The molecule has 9 nitrogen and oxygen atoms in total. The predicted molar refractivity (Wildman–Crippen MR) is 133 cm³/mol. The molecule has 9 heteroatoms. The smallest absolute Gasteiger partial charge is 0.338 e. The monoisotopic (exact) mass is 480 g/mol. The summed E-state index contributed by atoms with van der Waals surface area (Å²) in [6.45, 7) is 7.94. The molecule has 2 aliphatic heterocycles. The van der Waals surface area contributed by atoms with Gasteiger partial charge < -0.3 is 30.1 Å². The highest BCUT2D eigenvalue weighted by molar-refractivity contribution is 5.95. The molecule has 1 fully saturated rings. The van der Waals surface area contributed by atoms with Gasteiger partial charge in [-0.25, -0.2) is 9.59 Å². The van der Waals surface area contributed by atoms with Crippen LogP contribution in [0.4, 0.5) is 10.5 Å². The number of methoxy groups -OCH3 is 1. The highest BCUT2D eigenvalue weighted by Gasteiger charge is 2.35. The van der Waals surface area contributed by atoms with Gasteiger partial charge in [-0.3, -0.25) is 4.90 Å². The van der Waals surface area contributed by atoms with Crippen molar-refractivity contribution in [1.82, 2.24) is 15.5 Å². The second-order valence-electron chi connectivity index (χ2n) is 8.68. The zero-order chi connectivity index (χ0) is 24.9. The average molecular weight is 481 g/mol. The third-order valence-corrected chi connectivity index (χ3v) is 6.30. The summed E-state index contributed by atoms with van der Waals surface area (Å²) in [5.41, 5.74) is 3.89. The number of anilines is 1. The lowest BCUT2D eigenvalue weighted by Crippen LogP contribution is -2.51. The number of nitrogens with zero attached hydrogens (tertiary/aromatic N) is 2. The summed E-state index contributed by atoms with van der Waals surface area (Å²) < 4.78 is 10.6. The van der Waals surface area contributed by atoms with E-state index in [1.807, 2.05) is 6.92 Å². The fourth-order valence-corrected chi connectivity index (χ4v) is 4.54. The van der Waals surface area contributed by atoms with Gasteiger partial charge in [-0.15, -0.1) is 0 Å². The molecule has 2 aromatic carbocycles. The highest BCUT2D eigenvalue weighted by Crippen LogP contribution is 2.34. The molecule has 0 spiro atoms. The first-order valence-electron chi connectivity index (χ1n) is 11.8. The van der Waals surface area contributed by atoms with Crippen LogP contribution in [0.2, 0.25) is 0 Å². The zero-order valence-corrected chi connectivity index (χ0v) is 20.3. The van der Waals surface area contributed by atoms with Crippen molar-refractivity contribution in [2.45, 2.75) is 19.9 Å². The number of benzene rings is 2. The standard InChI is InChI=1S/C26H32N4O5/c1-4-35-22-15-18(8-9-21(22)31)24-23(25(32)34-3)20(27-26(33)28-24)16-29-10-12-30(13-11-29)19-7-5-6-17(2)14-19/h5-9,14-15,24,31H,4,10-13,16H2,1-3H3,(H2,27,28,33)/t24-/m0/s1. The molecule has 0 saturated carbocycles. The molecule has 0 aliphatic carbocycles. The summed E-state index contributed by atoms with van der Waals surface area (Å²) in [4.78, 5) is 30.0. The zero-order valence-electron chi connectivity index (χ0n) is 20.3. The van der Waals surface area contributed by atoms with Crippen LogP contribution in [0.25, 0.3) is 0 Å². The number of hydrogen-bond donors (Lipinski definition) is 3. The number of nitrogens with one attached hydrogen (secondary N) is 2. The van der Waals surface area contributed by atoms with Crippen molar-refractivity contribution in [3.05, 3.63) is 64.9 Å². The normalized spacial score (nSPS) is 18.7. The van der Waals surface area contributed by atoms with Crippen molar-refractivity contribution in [3.63, 3.8) is 0 Å². The molecule has 4 rings (SSSR count). The van der Waals surface area contributed by atoms with Crippen molar-refractivity contribution in [2.24, 2.45) is 0 Å². The Morgan fingerprint density at radius 3 is 2.60 bits per heavy atom. The van der Waals surface area contributed by atoms with Crippen molar-refractivity contribution in [1.29, 1.82) is 0 Å². The summed E-state index contributed by atoms with van der Waals surface area (Å²) in [5, 5.41) is 15.7. The van der Waals surface area contributed by atoms with Crippen LogP contribution in [0.3, 0.4) is 0 Å². The van der Waals surface area contributed by atoms with Crippen LogP contribution < -0.4 is 20.3 Å². The van der Waals surface area contributed by atoms with E-state index in [1.54, 1.807) is 12.1 Å². The van der Waals surface area contributed by atoms with Gasteiger partial charge in [-0.05, 0) is 49.2 Å². The van der Waals surface area contributed by atoms with Gasteiger partial charge in [0.15, 0.2) is 11.5 Å². The minimum atomic E-state index is -0.736. The van der Waals surface area contributed by atoms with E-state index in [4.69, 9.17) is 9.47 Å².